The second kappa shape index (κ2) is 16.4. The Bertz CT molecular complexity index is 1350. The maximum Gasteiger partial charge on any atom is 0.317 e. The van der Waals surface area contributed by atoms with Crippen molar-refractivity contribution in [2.24, 2.45) is 5.92 Å². The van der Waals surface area contributed by atoms with Crippen LogP contribution in [0.1, 0.15) is 73.4 Å². The number of carbonyl (C=O) groups is 2. The molecule has 0 unspecified atom stereocenters. The van der Waals surface area contributed by atoms with Crippen LogP contribution in [0.3, 0.4) is 0 Å². The second-order valence-corrected chi connectivity index (χ2v) is 12.6. The fraction of sp³-hybridized carbons (Fsp3) is 0.500. The number of carboxylic acid groups (broad SMARTS) is 1. The molecule has 1 fully saturated rings. The van der Waals surface area contributed by atoms with Gasteiger partial charge in [-0.05, 0) is 101 Å². The highest BCUT2D eigenvalue weighted by Gasteiger charge is 2.26. The molecule has 1 amide bonds. The van der Waals surface area contributed by atoms with E-state index in [9.17, 15) is 9.59 Å². The van der Waals surface area contributed by atoms with Gasteiger partial charge >= 0.3 is 5.97 Å². The van der Waals surface area contributed by atoms with Crippen LogP contribution in [0.25, 0.3) is 10.6 Å². The lowest BCUT2D eigenvalue weighted by molar-refractivity contribution is -0.138. The van der Waals surface area contributed by atoms with Crippen molar-refractivity contribution >= 4 is 52.4 Å². The van der Waals surface area contributed by atoms with Crippen LogP contribution in [0.2, 0.25) is 5.02 Å². The smallest absolute Gasteiger partial charge is 0.317 e. The van der Waals surface area contributed by atoms with Crippen LogP contribution >= 0.6 is 35.3 Å². The van der Waals surface area contributed by atoms with Crippen molar-refractivity contribution in [2.45, 2.75) is 71.8 Å². The molecule has 2 aromatic carbocycles. The third-order valence-corrected chi connectivity index (χ3v) is 9.36. The number of rotatable bonds is 13. The number of hydrogen-bond acceptors (Lipinski definition) is 7. The van der Waals surface area contributed by atoms with Crippen LogP contribution in [-0.4, -0.2) is 64.9 Å². The van der Waals surface area contributed by atoms with Crippen LogP contribution in [0.5, 0.6) is 5.75 Å². The quantitative estimate of drug-likeness (QED) is 0.203. The van der Waals surface area contributed by atoms with Gasteiger partial charge in [-0.3, -0.25) is 19.4 Å². The molecule has 1 N–H and O–H groups in total. The summed E-state index contributed by atoms with van der Waals surface area (Å²) < 4.78 is 6.28. The van der Waals surface area contributed by atoms with Crippen molar-refractivity contribution in [3.05, 3.63) is 58.1 Å². The molecular formula is C32H42Cl2N4O4S. The SMILES string of the molecule is CCCCN(C(=O)c1ccccc1Cl)c1nnc(-c2cc(C)c(OCCC3CCC(N(C)CC(=O)O)CC3)c(C)c2)s1.Cl. The summed E-state index contributed by atoms with van der Waals surface area (Å²) in [6, 6.07) is 11.6. The number of aliphatic carboxylic acids is 1. The zero-order valence-corrected chi connectivity index (χ0v) is 27.7. The Kier molecular flexibility index (Phi) is 13.2. The number of carbonyl (C=O) groups excluding carboxylic acids is 1. The summed E-state index contributed by atoms with van der Waals surface area (Å²) in [5, 5.41) is 19.6. The molecule has 8 nitrogen and oxygen atoms in total. The third-order valence-electron chi connectivity index (χ3n) is 8.03. The van der Waals surface area contributed by atoms with Gasteiger partial charge in [0.25, 0.3) is 5.91 Å². The molecule has 11 heteroatoms. The molecule has 1 aliphatic carbocycles. The minimum Gasteiger partial charge on any atom is -0.493 e. The number of nitrogens with zero attached hydrogens (tertiary/aromatic N) is 4. The van der Waals surface area contributed by atoms with E-state index in [2.05, 4.69) is 29.3 Å². The lowest BCUT2D eigenvalue weighted by Crippen LogP contribution is -2.38. The predicted octanol–water partition coefficient (Wildman–Crippen LogP) is 7.69. The number of carboxylic acids is 1. The van der Waals surface area contributed by atoms with Crippen molar-refractivity contribution in [1.29, 1.82) is 0 Å². The number of hydrogen-bond donors (Lipinski definition) is 1. The standard InChI is InChI=1S/C32H41ClN4O4S.ClH/c1-5-6-16-37(31(40)26-9-7-8-10-27(26)33)32-35-34-30(42-32)24-18-21(2)29(22(3)19-24)41-17-15-23-11-13-25(14-12-23)36(4)20-28(38)39;/h7-10,18-19,23,25H,5-6,11-17,20H2,1-4H3,(H,38,39);1H. The van der Waals surface area contributed by atoms with E-state index in [0.29, 0.717) is 40.8 Å². The maximum atomic E-state index is 13.4. The molecule has 234 valence electrons. The summed E-state index contributed by atoms with van der Waals surface area (Å²) in [5.74, 6) is 0.558. The normalized spacial score (nSPS) is 16.5. The molecule has 0 saturated heterocycles. The minimum atomic E-state index is -0.770. The van der Waals surface area contributed by atoms with Crippen molar-refractivity contribution in [3.8, 4) is 16.3 Å². The fourth-order valence-corrected chi connectivity index (χ4v) is 6.74. The van der Waals surface area contributed by atoms with E-state index in [1.165, 1.54) is 11.3 Å². The Hall–Kier alpha value is -2.72. The molecule has 0 radical (unpaired) electrons. The lowest BCUT2D eigenvalue weighted by Gasteiger charge is -2.33. The molecule has 3 aromatic rings. The number of halogens is 2. The van der Waals surface area contributed by atoms with Gasteiger partial charge in [-0.2, -0.15) is 0 Å². The summed E-state index contributed by atoms with van der Waals surface area (Å²) in [4.78, 5) is 28.1. The van der Waals surface area contributed by atoms with Gasteiger partial charge in [0.1, 0.15) is 10.8 Å². The molecule has 0 aliphatic heterocycles. The summed E-state index contributed by atoms with van der Waals surface area (Å²) >= 11 is 7.74. The highest BCUT2D eigenvalue weighted by atomic mass is 35.5. The molecule has 0 spiro atoms. The first-order chi connectivity index (χ1) is 20.2. The molecule has 1 aliphatic rings. The van der Waals surface area contributed by atoms with Gasteiger partial charge in [0.05, 0.1) is 23.7 Å². The second-order valence-electron chi connectivity index (χ2n) is 11.2. The van der Waals surface area contributed by atoms with E-state index in [1.54, 1.807) is 17.0 Å². The molecule has 1 saturated carbocycles. The van der Waals surface area contributed by atoms with Crippen molar-refractivity contribution < 1.29 is 19.4 Å². The Balaban J connectivity index is 0.00000506. The monoisotopic (exact) mass is 648 g/mol. The predicted molar refractivity (Wildman–Crippen MR) is 176 cm³/mol. The molecular weight excluding hydrogens is 607 g/mol. The zero-order chi connectivity index (χ0) is 30.2. The van der Waals surface area contributed by atoms with E-state index in [1.807, 2.05) is 37.9 Å². The van der Waals surface area contributed by atoms with Gasteiger partial charge < -0.3 is 9.84 Å². The molecule has 1 heterocycles. The first-order valence-electron chi connectivity index (χ1n) is 14.7. The van der Waals surface area contributed by atoms with Crippen molar-refractivity contribution in [2.75, 3.05) is 31.6 Å². The van der Waals surface area contributed by atoms with Gasteiger partial charge in [0.15, 0.2) is 0 Å². The topological polar surface area (TPSA) is 95.9 Å². The van der Waals surface area contributed by atoms with Crippen LogP contribution in [-0.2, 0) is 4.79 Å². The number of anilines is 1. The van der Waals surface area contributed by atoms with Crippen molar-refractivity contribution in [1.82, 2.24) is 15.1 Å². The van der Waals surface area contributed by atoms with Gasteiger partial charge in [0, 0.05) is 18.2 Å². The lowest BCUT2D eigenvalue weighted by atomic mass is 9.84. The summed E-state index contributed by atoms with van der Waals surface area (Å²) in [5.41, 5.74) is 3.48. The number of benzene rings is 2. The van der Waals surface area contributed by atoms with Crippen LogP contribution < -0.4 is 9.64 Å². The third kappa shape index (κ3) is 9.14. The number of likely N-dealkylation sites (N-methyl/N-ethyl adjacent to an activating group) is 1. The molecule has 4 rings (SSSR count). The highest BCUT2D eigenvalue weighted by Crippen LogP contribution is 2.35. The molecule has 0 bridgehead atoms. The van der Waals surface area contributed by atoms with Crippen LogP contribution in [0, 0.1) is 19.8 Å². The summed E-state index contributed by atoms with van der Waals surface area (Å²) in [6.07, 6.45) is 7.05. The average molecular weight is 650 g/mol. The number of ether oxygens (including phenoxy) is 1. The number of aromatic nitrogens is 2. The number of unbranched alkanes of at least 4 members (excludes halogenated alkanes) is 1. The number of amides is 1. The van der Waals surface area contributed by atoms with Crippen LogP contribution in [0.15, 0.2) is 36.4 Å². The maximum absolute atomic E-state index is 13.4. The summed E-state index contributed by atoms with van der Waals surface area (Å²) in [7, 11) is 1.91. The molecule has 0 atom stereocenters. The highest BCUT2D eigenvalue weighted by molar-refractivity contribution is 7.18. The Morgan fingerprint density at radius 3 is 2.40 bits per heavy atom. The Labute approximate surface area is 269 Å². The van der Waals surface area contributed by atoms with E-state index in [-0.39, 0.29) is 24.9 Å². The average Bonchev–Trinajstić information content (AvgIpc) is 3.45. The van der Waals surface area contributed by atoms with E-state index < -0.39 is 5.97 Å². The Morgan fingerprint density at radius 1 is 1.09 bits per heavy atom. The first-order valence-corrected chi connectivity index (χ1v) is 15.9. The van der Waals surface area contributed by atoms with Gasteiger partial charge in [-0.1, -0.05) is 48.4 Å². The van der Waals surface area contributed by atoms with E-state index in [4.69, 9.17) is 21.4 Å². The van der Waals surface area contributed by atoms with Gasteiger partial charge in [-0.25, -0.2) is 0 Å². The van der Waals surface area contributed by atoms with E-state index >= 15 is 0 Å². The largest absolute Gasteiger partial charge is 0.493 e. The zero-order valence-electron chi connectivity index (χ0n) is 25.3. The molecule has 43 heavy (non-hydrogen) atoms. The Morgan fingerprint density at radius 2 is 1.77 bits per heavy atom. The van der Waals surface area contributed by atoms with E-state index in [0.717, 1.165) is 72.4 Å². The minimum absolute atomic E-state index is 0. The number of aryl methyl sites for hydroxylation is 2. The fourth-order valence-electron chi connectivity index (χ4n) is 5.67. The van der Waals surface area contributed by atoms with Crippen LogP contribution in [0.4, 0.5) is 5.13 Å². The van der Waals surface area contributed by atoms with Crippen molar-refractivity contribution in [3.63, 3.8) is 0 Å². The summed E-state index contributed by atoms with van der Waals surface area (Å²) in [6.45, 7) is 7.48. The first kappa shape index (κ1) is 34.8. The molecule has 1 aromatic heterocycles. The van der Waals surface area contributed by atoms with Gasteiger partial charge in [-0.15, -0.1) is 22.6 Å². The van der Waals surface area contributed by atoms with Gasteiger partial charge in [0.2, 0.25) is 5.13 Å².